The molecule has 2 aromatic rings. The van der Waals surface area contributed by atoms with E-state index in [2.05, 4.69) is 10.9 Å². The molecule has 1 aliphatic heterocycles. The highest BCUT2D eigenvalue weighted by Gasteiger charge is 2.32. The van der Waals surface area contributed by atoms with Gasteiger partial charge in [-0.1, -0.05) is 36.3 Å². The topological polar surface area (TPSA) is 41.9 Å². The fraction of sp³-hybridized carbons (Fsp3) is 0.143. The van der Waals surface area contributed by atoms with Crippen molar-refractivity contribution in [3.05, 3.63) is 64.8 Å². The van der Waals surface area contributed by atoms with Gasteiger partial charge in [0.15, 0.2) is 5.17 Å². The Labute approximate surface area is 161 Å². The second-order valence-electron chi connectivity index (χ2n) is 5.54. The summed E-state index contributed by atoms with van der Waals surface area (Å²) < 4.78 is 19.4. The highest BCUT2D eigenvalue weighted by molar-refractivity contribution is 8.18. The van der Waals surface area contributed by atoms with Crippen molar-refractivity contribution in [2.75, 3.05) is 13.2 Å². The number of hydrogen-bond acceptors (Lipinski definition) is 4. The van der Waals surface area contributed by atoms with E-state index in [9.17, 15) is 9.18 Å². The number of carbonyl (C=O) groups is 1. The van der Waals surface area contributed by atoms with E-state index in [1.165, 1.54) is 22.7 Å². The second-order valence-corrected chi connectivity index (χ2v) is 6.55. The molecule has 1 heterocycles. The number of likely N-dealkylation sites (N-methyl/N-ethyl adjacent to an activating group) is 1. The zero-order valence-corrected chi connectivity index (χ0v) is 15.5. The van der Waals surface area contributed by atoms with Gasteiger partial charge in [-0.05, 0) is 43.0 Å². The van der Waals surface area contributed by atoms with Crippen LogP contribution in [0.5, 0.6) is 5.75 Å². The summed E-state index contributed by atoms with van der Waals surface area (Å²) in [4.78, 5) is 19.1. The van der Waals surface area contributed by atoms with Gasteiger partial charge in [0.25, 0.3) is 5.91 Å². The van der Waals surface area contributed by atoms with Crippen molar-refractivity contribution in [3.63, 3.8) is 0 Å². The zero-order chi connectivity index (χ0) is 19.2. The van der Waals surface area contributed by atoms with E-state index in [4.69, 9.17) is 11.2 Å². The van der Waals surface area contributed by atoms with E-state index in [0.717, 1.165) is 5.56 Å². The Morgan fingerprint density at radius 2 is 2.00 bits per heavy atom. The summed E-state index contributed by atoms with van der Waals surface area (Å²) in [7, 11) is 0. The van der Waals surface area contributed by atoms with Gasteiger partial charge in [0, 0.05) is 12.1 Å². The quantitative estimate of drug-likeness (QED) is 0.568. The molecule has 0 aliphatic carbocycles. The summed E-state index contributed by atoms with van der Waals surface area (Å²) >= 11 is 1.21. The van der Waals surface area contributed by atoms with Crippen LogP contribution in [0.1, 0.15) is 12.5 Å². The average Bonchev–Trinajstić information content (AvgIpc) is 2.97. The van der Waals surface area contributed by atoms with Crippen molar-refractivity contribution in [3.8, 4) is 18.1 Å². The number of benzene rings is 2. The van der Waals surface area contributed by atoms with Gasteiger partial charge in [0.05, 0.1) is 4.91 Å². The van der Waals surface area contributed by atoms with Crippen molar-refractivity contribution in [1.82, 2.24) is 4.90 Å². The maximum absolute atomic E-state index is 13.9. The summed E-state index contributed by atoms with van der Waals surface area (Å²) in [6, 6.07) is 13.5. The Kier molecular flexibility index (Phi) is 5.94. The Morgan fingerprint density at radius 1 is 1.26 bits per heavy atom. The lowest BCUT2D eigenvalue weighted by Crippen LogP contribution is -2.28. The number of terminal acetylenes is 1. The van der Waals surface area contributed by atoms with Crippen LogP contribution in [0.3, 0.4) is 0 Å². The predicted octanol–water partition coefficient (Wildman–Crippen LogP) is 4.46. The summed E-state index contributed by atoms with van der Waals surface area (Å²) in [6.07, 6.45) is 6.99. The lowest BCUT2D eigenvalue weighted by atomic mass is 10.2. The minimum atomic E-state index is -0.431. The first-order valence-electron chi connectivity index (χ1n) is 8.34. The summed E-state index contributed by atoms with van der Waals surface area (Å²) in [5.74, 6) is 2.41. The van der Waals surface area contributed by atoms with E-state index < -0.39 is 5.82 Å². The minimum Gasteiger partial charge on any atom is -0.480 e. The highest BCUT2D eigenvalue weighted by atomic mass is 32.2. The van der Waals surface area contributed by atoms with Crippen LogP contribution in [0.25, 0.3) is 6.08 Å². The maximum atomic E-state index is 13.9. The van der Waals surface area contributed by atoms with E-state index in [1.807, 2.05) is 25.1 Å². The van der Waals surface area contributed by atoms with Crippen molar-refractivity contribution in [2.24, 2.45) is 4.99 Å². The molecular weight excluding hydrogens is 363 g/mol. The summed E-state index contributed by atoms with van der Waals surface area (Å²) in [5, 5.41) is 0.445. The van der Waals surface area contributed by atoms with Crippen LogP contribution in [0.2, 0.25) is 0 Å². The Balaban J connectivity index is 1.95. The number of nitrogens with zero attached hydrogens (tertiary/aromatic N) is 2. The standard InChI is InChI=1S/C21H17FN2O2S/c1-3-13-26-18-12-8-5-9-15(18)14-19-20(25)24(4-2)21(27-19)23-17-11-7-6-10-16(17)22/h1,5-12,14H,4,13H2,2H3/b19-14+,23-21?. The van der Waals surface area contributed by atoms with Crippen LogP contribution in [0.4, 0.5) is 10.1 Å². The molecule has 0 saturated carbocycles. The first kappa shape index (κ1) is 18.7. The third-order valence-electron chi connectivity index (χ3n) is 3.79. The van der Waals surface area contributed by atoms with E-state index in [-0.39, 0.29) is 18.2 Å². The largest absolute Gasteiger partial charge is 0.480 e. The Hall–Kier alpha value is -3.04. The van der Waals surface area contributed by atoms with Crippen molar-refractivity contribution in [2.45, 2.75) is 6.92 Å². The third-order valence-corrected chi connectivity index (χ3v) is 4.80. The molecule has 0 unspecified atom stereocenters. The molecule has 1 saturated heterocycles. The molecule has 136 valence electrons. The number of amidine groups is 1. The van der Waals surface area contributed by atoms with Crippen LogP contribution in [-0.4, -0.2) is 29.1 Å². The second kappa shape index (κ2) is 8.56. The molecule has 6 heteroatoms. The SMILES string of the molecule is C#CCOc1ccccc1/C=C1/SC(=Nc2ccccc2F)N(CC)C1=O. The number of carbonyl (C=O) groups excluding carboxylic acids is 1. The number of halogens is 1. The molecule has 0 spiro atoms. The monoisotopic (exact) mass is 380 g/mol. The number of rotatable bonds is 5. The van der Waals surface area contributed by atoms with E-state index in [1.54, 1.807) is 30.3 Å². The Bertz CT molecular complexity index is 963. The van der Waals surface area contributed by atoms with Gasteiger partial charge in [-0.15, -0.1) is 6.42 Å². The molecular formula is C21H17FN2O2S. The van der Waals surface area contributed by atoms with Gasteiger partial charge in [-0.3, -0.25) is 9.69 Å². The molecule has 0 N–H and O–H groups in total. The summed E-state index contributed by atoms with van der Waals surface area (Å²) in [6.45, 7) is 2.43. The number of aliphatic imine (C=N–C) groups is 1. The van der Waals surface area contributed by atoms with E-state index in [0.29, 0.717) is 22.4 Å². The maximum Gasteiger partial charge on any atom is 0.266 e. The van der Waals surface area contributed by atoms with Gasteiger partial charge in [-0.2, -0.15) is 0 Å². The molecule has 0 bridgehead atoms. The van der Waals surface area contributed by atoms with Gasteiger partial charge in [-0.25, -0.2) is 9.38 Å². The van der Waals surface area contributed by atoms with Crippen LogP contribution in [-0.2, 0) is 4.79 Å². The summed E-state index contributed by atoms with van der Waals surface area (Å²) in [5.41, 5.74) is 0.942. The van der Waals surface area contributed by atoms with Crippen LogP contribution in [0, 0.1) is 18.2 Å². The lowest BCUT2D eigenvalue weighted by molar-refractivity contribution is -0.122. The van der Waals surface area contributed by atoms with Crippen molar-refractivity contribution < 1.29 is 13.9 Å². The van der Waals surface area contributed by atoms with Gasteiger partial charge >= 0.3 is 0 Å². The smallest absolute Gasteiger partial charge is 0.266 e. The first-order valence-corrected chi connectivity index (χ1v) is 9.15. The van der Waals surface area contributed by atoms with E-state index >= 15 is 0 Å². The van der Waals surface area contributed by atoms with Crippen LogP contribution >= 0.6 is 11.8 Å². The van der Waals surface area contributed by atoms with Crippen LogP contribution in [0.15, 0.2) is 58.4 Å². The molecule has 4 nitrogen and oxygen atoms in total. The molecule has 3 rings (SSSR count). The number of thioether (sulfide) groups is 1. The predicted molar refractivity (Wildman–Crippen MR) is 107 cm³/mol. The number of hydrogen-bond donors (Lipinski definition) is 0. The lowest BCUT2D eigenvalue weighted by Gasteiger charge is -2.12. The molecule has 1 fully saturated rings. The highest BCUT2D eigenvalue weighted by Crippen LogP contribution is 2.35. The molecule has 1 aliphatic rings. The fourth-order valence-corrected chi connectivity index (χ4v) is 3.55. The van der Waals surface area contributed by atoms with Gasteiger partial charge < -0.3 is 4.74 Å². The van der Waals surface area contributed by atoms with Gasteiger partial charge in [0.1, 0.15) is 23.9 Å². The minimum absolute atomic E-state index is 0.141. The molecule has 0 radical (unpaired) electrons. The Morgan fingerprint density at radius 3 is 2.74 bits per heavy atom. The molecule has 1 amide bonds. The first-order chi connectivity index (χ1) is 13.1. The number of amides is 1. The molecule has 2 aromatic carbocycles. The van der Waals surface area contributed by atoms with Crippen LogP contribution < -0.4 is 4.74 Å². The normalized spacial score (nSPS) is 16.8. The van der Waals surface area contributed by atoms with Gasteiger partial charge in [0.2, 0.25) is 0 Å². The zero-order valence-electron chi connectivity index (χ0n) is 14.7. The third kappa shape index (κ3) is 4.21. The number of ether oxygens (including phenoxy) is 1. The van der Waals surface area contributed by atoms with Crippen molar-refractivity contribution in [1.29, 1.82) is 0 Å². The van der Waals surface area contributed by atoms with Crippen molar-refractivity contribution >= 4 is 34.6 Å². The average molecular weight is 380 g/mol. The molecule has 0 aromatic heterocycles. The fourth-order valence-electron chi connectivity index (χ4n) is 2.51. The molecule has 0 atom stereocenters. The number of para-hydroxylation sites is 2. The molecule has 27 heavy (non-hydrogen) atoms.